The highest BCUT2D eigenvalue weighted by Gasteiger charge is 2.07. The monoisotopic (exact) mass is 492 g/mol. The Morgan fingerprint density at radius 2 is 0.789 bits per heavy atom. The Hall–Kier alpha value is -4.82. The van der Waals surface area contributed by atoms with Gasteiger partial charge in [0.1, 0.15) is 0 Å². The highest BCUT2D eigenvalue weighted by atomic mass is 15.1. The Bertz CT molecular complexity index is 1560. The summed E-state index contributed by atoms with van der Waals surface area (Å²) in [6.07, 6.45) is 0. The molecule has 0 unspecified atom stereocenters. The molecule has 0 radical (unpaired) electrons. The van der Waals surface area contributed by atoms with Crippen LogP contribution in [0.1, 0.15) is 0 Å². The first-order valence-corrected chi connectivity index (χ1v) is 12.9. The maximum atomic E-state index is 2.22. The number of fused-ring (bicyclic) bond motifs is 1. The van der Waals surface area contributed by atoms with E-state index in [1.165, 1.54) is 44.6 Å². The van der Waals surface area contributed by atoms with Crippen LogP contribution in [-0.4, -0.2) is 14.1 Å². The van der Waals surface area contributed by atoms with Crippen molar-refractivity contribution in [2.45, 2.75) is 0 Å². The average Bonchev–Trinajstić information content (AvgIpc) is 3.02. The number of anilines is 4. The number of nitrogens with zero attached hydrogens (tertiary/aromatic N) is 2. The molecule has 0 heterocycles. The van der Waals surface area contributed by atoms with Crippen molar-refractivity contribution < 1.29 is 0 Å². The summed E-state index contributed by atoms with van der Waals surface area (Å²) in [5.74, 6) is 0. The van der Waals surface area contributed by atoms with Crippen molar-refractivity contribution in [3.8, 4) is 11.1 Å². The van der Waals surface area contributed by atoms with Gasteiger partial charge >= 0.3 is 0 Å². The lowest BCUT2D eigenvalue weighted by atomic mass is 10.1. The zero-order valence-electron chi connectivity index (χ0n) is 21.9. The van der Waals surface area contributed by atoms with Gasteiger partial charge in [0, 0.05) is 42.2 Å². The SMILES string of the molecule is CN(c1ccccc1)c1ccc(-c2ccccc2)cc1.CN(c1ccccc1)c1cccc2ccccc12. The van der Waals surface area contributed by atoms with Crippen LogP contribution in [0.4, 0.5) is 22.7 Å². The van der Waals surface area contributed by atoms with E-state index >= 15 is 0 Å². The molecular formula is C36H32N2. The summed E-state index contributed by atoms with van der Waals surface area (Å²) < 4.78 is 0. The fraction of sp³-hybridized carbons (Fsp3) is 0.0556. The van der Waals surface area contributed by atoms with Crippen LogP contribution in [0.3, 0.4) is 0 Å². The second-order valence-electron chi connectivity index (χ2n) is 9.20. The normalized spacial score (nSPS) is 10.4. The fourth-order valence-electron chi connectivity index (χ4n) is 4.60. The minimum absolute atomic E-state index is 1.19. The zero-order valence-corrected chi connectivity index (χ0v) is 21.9. The number of para-hydroxylation sites is 2. The molecular weight excluding hydrogens is 460 g/mol. The smallest absolute Gasteiger partial charge is 0.0487 e. The van der Waals surface area contributed by atoms with E-state index in [0.717, 1.165) is 0 Å². The van der Waals surface area contributed by atoms with E-state index in [0.29, 0.717) is 0 Å². The molecule has 2 heteroatoms. The van der Waals surface area contributed by atoms with Gasteiger partial charge in [-0.15, -0.1) is 0 Å². The molecule has 0 spiro atoms. The summed E-state index contributed by atoms with van der Waals surface area (Å²) in [7, 11) is 4.20. The summed E-state index contributed by atoms with van der Waals surface area (Å²) >= 11 is 0. The molecule has 6 aromatic carbocycles. The van der Waals surface area contributed by atoms with Crippen molar-refractivity contribution in [2.24, 2.45) is 0 Å². The third kappa shape index (κ3) is 5.77. The second kappa shape index (κ2) is 11.9. The molecule has 0 atom stereocenters. The second-order valence-corrected chi connectivity index (χ2v) is 9.20. The van der Waals surface area contributed by atoms with Crippen molar-refractivity contribution in [1.82, 2.24) is 0 Å². The summed E-state index contributed by atoms with van der Waals surface area (Å²) in [5.41, 5.74) is 7.32. The molecule has 0 saturated carbocycles. The number of hydrogen-bond donors (Lipinski definition) is 0. The van der Waals surface area contributed by atoms with E-state index in [1.807, 2.05) is 18.2 Å². The van der Waals surface area contributed by atoms with Crippen LogP contribution >= 0.6 is 0 Å². The Morgan fingerprint density at radius 3 is 1.42 bits per heavy atom. The van der Waals surface area contributed by atoms with E-state index in [1.54, 1.807) is 0 Å². The quantitative estimate of drug-likeness (QED) is 0.236. The third-order valence-corrected chi connectivity index (χ3v) is 6.78. The largest absolute Gasteiger partial charge is 0.345 e. The lowest BCUT2D eigenvalue weighted by molar-refractivity contribution is 1.21. The van der Waals surface area contributed by atoms with Crippen LogP contribution in [0.5, 0.6) is 0 Å². The minimum Gasteiger partial charge on any atom is -0.345 e. The first-order chi connectivity index (χ1) is 18.7. The predicted octanol–water partition coefficient (Wildman–Crippen LogP) is 9.73. The van der Waals surface area contributed by atoms with Crippen molar-refractivity contribution in [3.05, 3.63) is 158 Å². The van der Waals surface area contributed by atoms with Crippen molar-refractivity contribution in [1.29, 1.82) is 0 Å². The topological polar surface area (TPSA) is 6.48 Å². The molecule has 0 aliphatic carbocycles. The lowest BCUT2D eigenvalue weighted by Crippen LogP contribution is -2.09. The molecule has 186 valence electrons. The first kappa shape index (κ1) is 24.9. The molecule has 0 bridgehead atoms. The van der Waals surface area contributed by atoms with E-state index < -0.39 is 0 Å². The average molecular weight is 493 g/mol. The van der Waals surface area contributed by atoms with Gasteiger partial charge in [0.2, 0.25) is 0 Å². The highest BCUT2D eigenvalue weighted by Crippen LogP contribution is 2.31. The molecule has 0 N–H and O–H groups in total. The van der Waals surface area contributed by atoms with Crippen molar-refractivity contribution in [3.63, 3.8) is 0 Å². The summed E-state index contributed by atoms with van der Waals surface area (Å²) in [4.78, 5) is 4.41. The van der Waals surface area contributed by atoms with Gasteiger partial charge in [0.25, 0.3) is 0 Å². The highest BCUT2D eigenvalue weighted by molar-refractivity contribution is 5.95. The summed E-state index contributed by atoms with van der Waals surface area (Å²) in [5, 5.41) is 2.56. The van der Waals surface area contributed by atoms with Crippen molar-refractivity contribution >= 4 is 33.5 Å². The molecule has 0 aromatic heterocycles. The van der Waals surface area contributed by atoms with Gasteiger partial charge in [-0.3, -0.25) is 0 Å². The molecule has 0 amide bonds. The van der Waals surface area contributed by atoms with E-state index in [2.05, 4.69) is 163 Å². The fourth-order valence-corrected chi connectivity index (χ4v) is 4.60. The predicted molar refractivity (Wildman–Crippen MR) is 165 cm³/mol. The van der Waals surface area contributed by atoms with Crippen LogP contribution in [-0.2, 0) is 0 Å². The molecule has 0 fully saturated rings. The van der Waals surface area contributed by atoms with Crippen LogP contribution in [0.25, 0.3) is 21.9 Å². The van der Waals surface area contributed by atoms with Gasteiger partial charge < -0.3 is 9.80 Å². The van der Waals surface area contributed by atoms with Crippen LogP contribution in [0, 0.1) is 0 Å². The molecule has 6 aromatic rings. The minimum atomic E-state index is 1.19. The molecule has 38 heavy (non-hydrogen) atoms. The standard InChI is InChI=1S/C19H17N.C17H15N/c1-20(18-10-6-3-7-11-18)19-14-12-17(13-15-19)16-8-4-2-5-9-16;1-18(15-10-3-2-4-11-15)17-13-7-9-14-8-5-6-12-16(14)17/h2-15H,1H3;2-13H,1H3. The van der Waals surface area contributed by atoms with Gasteiger partial charge in [-0.1, -0.05) is 115 Å². The summed E-state index contributed by atoms with van der Waals surface area (Å²) in [6.45, 7) is 0. The Morgan fingerprint density at radius 1 is 0.342 bits per heavy atom. The molecule has 6 rings (SSSR count). The number of hydrogen-bond acceptors (Lipinski definition) is 2. The Kier molecular flexibility index (Phi) is 7.81. The zero-order chi connectivity index (χ0) is 26.2. The molecule has 2 nitrogen and oxygen atoms in total. The Labute approximate surface area is 226 Å². The van der Waals surface area contributed by atoms with Gasteiger partial charge in [-0.05, 0) is 59.0 Å². The van der Waals surface area contributed by atoms with Gasteiger partial charge in [0.05, 0.1) is 0 Å². The number of benzene rings is 6. The molecule has 0 aliphatic rings. The van der Waals surface area contributed by atoms with E-state index in [4.69, 9.17) is 0 Å². The van der Waals surface area contributed by atoms with Crippen LogP contribution in [0.2, 0.25) is 0 Å². The van der Waals surface area contributed by atoms with E-state index in [9.17, 15) is 0 Å². The lowest BCUT2D eigenvalue weighted by Gasteiger charge is -2.21. The van der Waals surface area contributed by atoms with Crippen molar-refractivity contribution in [2.75, 3.05) is 23.9 Å². The van der Waals surface area contributed by atoms with Gasteiger partial charge in [-0.25, -0.2) is 0 Å². The van der Waals surface area contributed by atoms with Gasteiger partial charge in [-0.2, -0.15) is 0 Å². The van der Waals surface area contributed by atoms with Crippen LogP contribution in [0.15, 0.2) is 158 Å². The first-order valence-electron chi connectivity index (χ1n) is 12.9. The summed E-state index contributed by atoms with van der Waals surface area (Å²) in [6, 6.07) is 54.8. The van der Waals surface area contributed by atoms with Crippen LogP contribution < -0.4 is 9.80 Å². The Balaban J connectivity index is 0.000000156. The number of rotatable bonds is 5. The maximum Gasteiger partial charge on any atom is 0.0487 e. The van der Waals surface area contributed by atoms with Gasteiger partial charge in [0.15, 0.2) is 0 Å². The third-order valence-electron chi connectivity index (χ3n) is 6.78. The molecule has 0 aliphatic heterocycles. The maximum absolute atomic E-state index is 2.22. The van der Waals surface area contributed by atoms with E-state index in [-0.39, 0.29) is 0 Å². The molecule has 0 saturated heterocycles.